The maximum Gasteiger partial charge on any atom is 0.162 e. The zero-order chi connectivity index (χ0) is 28.2. The standard InChI is InChI=1S/C30H31ClN6O3/c1-37(15-18-6-4-5-7-25(18)31)16-20(32)17-40-21-8-19(12-34-13-21)26-9-22-23-10-28(38-2)29(39-3)11-27(23)35-14-24(22)30(33)36-26/h4-14,20H,15-17,32H2,1-3H3,(H2,33,36)/t20-/m1/s1. The van der Waals surface area contributed by atoms with Crippen LogP contribution >= 0.6 is 11.6 Å². The van der Waals surface area contributed by atoms with Crippen LogP contribution in [0.1, 0.15) is 5.56 Å². The Morgan fingerprint density at radius 2 is 1.73 bits per heavy atom. The molecular formula is C30H31ClN6O3. The Balaban J connectivity index is 1.35. The monoisotopic (exact) mass is 558 g/mol. The van der Waals surface area contributed by atoms with Gasteiger partial charge in [-0.05, 0) is 42.3 Å². The van der Waals surface area contributed by atoms with E-state index < -0.39 is 0 Å². The number of rotatable bonds is 10. The number of ether oxygens (including phenoxy) is 3. The van der Waals surface area contributed by atoms with Crippen LogP contribution in [0.5, 0.6) is 17.2 Å². The number of nitrogens with two attached hydrogens (primary N) is 2. The van der Waals surface area contributed by atoms with E-state index in [9.17, 15) is 0 Å². The third-order valence-electron chi connectivity index (χ3n) is 6.63. The van der Waals surface area contributed by atoms with Crippen LogP contribution in [-0.2, 0) is 6.54 Å². The van der Waals surface area contributed by atoms with Gasteiger partial charge in [0.2, 0.25) is 0 Å². The molecular weight excluding hydrogens is 528 g/mol. The fourth-order valence-corrected chi connectivity index (χ4v) is 4.88. The molecule has 0 spiro atoms. The van der Waals surface area contributed by atoms with E-state index in [-0.39, 0.29) is 6.04 Å². The van der Waals surface area contributed by atoms with Crippen molar-refractivity contribution in [1.82, 2.24) is 19.9 Å². The highest BCUT2D eigenvalue weighted by molar-refractivity contribution is 6.31. The molecule has 0 radical (unpaired) electrons. The summed E-state index contributed by atoms with van der Waals surface area (Å²) in [4.78, 5) is 15.7. The van der Waals surface area contributed by atoms with Crippen molar-refractivity contribution in [3.63, 3.8) is 0 Å². The number of anilines is 1. The molecule has 1 atom stereocenters. The summed E-state index contributed by atoms with van der Waals surface area (Å²) in [6.45, 7) is 1.65. The Morgan fingerprint density at radius 3 is 2.50 bits per heavy atom. The van der Waals surface area contributed by atoms with Gasteiger partial charge >= 0.3 is 0 Å². The third kappa shape index (κ3) is 5.86. The summed E-state index contributed by atoms with van der Waals surface area (Å²) < 4.78 is 17.0. The van der Waals surface area contributed by atoms with Gasteiger partial charge in [0.25, 0.3) is 0 Å². The van der Waals surface area contributed by atoms with Crippen molar-refractivity contribution in [3.8, 4) is 28.5 Å². The zero-order valence-corrected chi connectivity index (χ0v) is 23.4. The van der Waals surface area contributed by atoms with Crippen molar-refractivity contribution in [2.75, 3.05) is 40.2 Å². The van der Waals surface area contributed by atoms with Gasteiger partial charge in [0.05, 0.1) is 37.7 Å². The molecule has 0 aliphatic heterocycles. The van der Waals surface area contributed by atoms with Gasteiger partial charge in [-0.15, -0.1) is 0 Å². The topological polar surface area (TPSA) is 122 Å². The number of halogens is 1. The number of hydrogen-bond donors (Lipinski definition) is 2. The quantitative estimate of drug-likeness (QED) is 0.230. The molecule has 9 nitrogen and oxygen atoms in total. The highest BCUT2D eigenvalue weighted by atomic mass is 35.5. The first-order valence-electron chi connectivity index (χ1n) is 12.7. The Bertz CT molecular complexity index is 1660. The molecule has 0 saturated heterocycles. The van der Waals surface area contributed by atoms with E-state index in [0.29, 0.717) is 48.5 Å². The van der Waals surface area contributed by atoms with E-state index in [1.165, 1.54) is 0 Å². The lowest BCUT2D eigenvalue weighted by Gasteiger charge is -2.22. The van der Waals surface area contributed by atoms with Crippen molar-refractivity contribution in [1.29, 1.82) is 0 Å². The van der Waals surface area contributed by atoms with E-state index >= 15 is 0 Å². The predicted molar refractivity (Wildman–Crippen MR) is 159 cm³/mol. The fraction of sp³-hybridized carbons (Fsp3) is 0.233. The van der Waals surface area contributed by atoms with E-state index in [4.69, 9.17) is 37.3 Å². The number of hydrogen-bond acceptors (Lipinski definition) is 9. The third-order valence-corrected chi connectivity index (χ3v) is 7.00. The van der Waals surface area contributed by atoms with E-state index in [2.05, 4.69) is 19.9 Å². The summed E-state index contributed by atoms with van der Waals surface area (Å²) in [5.41, 5.74) is 16.0. The minimum atomic E-state index is -0.212. The molecule has 206 valence electrons. The molecule has 40 heavy (non-hydrogen) atoms. The number of benzene rings is 2. The summed E-state index contributed by atoms with van der Waals surface area (Å²) in [6.07, 6.45) is 5.10. The summed E-state index contributed by atoms with van der Waals surface area (Å²) in [6, 6.07) is 15.2. The number of fused-ring (bicyclic) bond motifs is 3. The lowest BCUT2D eigenvalue weighted by molar-refractivity contribution is 0.233. The summed E-state index contributed by atoms with van der Waals surface area (Å²) in [5, 5.41) is 3.25. The van der Waals surface area contributed by atoms with Crippen molar-refractivity contribution in [3.05, 3.63) is 77.7 Å². The molecule has 3 heterocycles. The Hall–Kier alpha value is -4.18. The van der Waals surface area contributed by atoms with Gasteiger partial charge in [0.1, 0.15) is 18.2 Å². The van der Waals surface area contributed by atoms with Gasteiger partial charge in [-0.3, -0.25) is 9.97 Å². The first-order chi connectivity index (χ1) is 19.4. The Kier molecular flexibility index (Phi) is 8.16. The van der Waals surface area contributed by atoms with Crippen molar-refractivity contribution < 1.29 is 14.2 Å². The molecule has 3 aromatic heterocycles. The number of nitrogens with zero attached hydrogens (tertiary/aromatic N) is 4. The maximum atomic E-state index is 6.37. The Morgan fingerprint density at radius 1 is 0.950 bits per heavy atom. The molecule has 0 amide bonds. The average molecular weight is 559 g/mol. The van der Waals surface area contributed by atoms with Gasteiger partial charge in [-0.1, -0.05) is 29.8 Å². The van der Waals surface area contributed by atoms with Crippen LogP contribution < -0.4 is 25.7 Å². The molecule has 0 saturated carbocycles. The molecule has 0 aliphatic carbocycles. The van der Waals surface area contributed by atoms with E-state index in [1.54, 1.807) is 32.8 Å². The largest absolute Gasteiger partial charge is 0.493 e. The molecule has 0 bridgehead atoms. The summed E-state index contributed by atoms with van der Waals surface area (Å²) >= 11 is 6.29. The number of pyridine rings is 3. The van der Waals surface area contributed by atoms with E-state index in [1.807, 2.05) is 55.6 Å². The second kappa shape index (κ2) is 11.9. The number of methoxy groups -OCH3 is 2. The highest BCUT2D eigenvalue weighted by Crippen LogP contribution is 2.37. The second-order valence-electron chi connectivity index (χ2n) is 9.61. The highest BCUT2D eigenvalue weighted by Gasteiger charge is 2.15. The normalized spacial score (nSPS) is 12.2. The molecule has 0 fully saturated rings. The average Bonchev–Trinajstić information content (AvgIpc) is 2.96. The number of aromatic nitrogens is 3. The molecule has 5 aromatic rings. The molecule has 10 heteroatoms. The minimum absolute atomic E-state index is 0.212. The first-order valence-corrected chi connectivity index (χ1v) is 13.1. The fourth-order valence-electron chi connectivity index (χ4n) is 4.68. The van der Waals surface area contributed by atoms with Crippen molar-refractivity contribution in [2.45, 2.75) is 12.6 Å². The van der Waals surface area contributed by atoms with Gasteiger partial charge in [-0.25, -0.2) is 4.98 Å². The van der Waals surface area contributed by atoms with Crippen molar-refractivity contribution in [2.24, 2.45) is 5.73 Å². The molecule has 2 aromatic carbocycles. The molecule has 0 unspecified atom stereocenters. The smallest absolute Gasteiger partial charge is 0.162 e. The molecule has 5 rings (SSSR count). The summed E-state index contributed by atoms with van der Waals surface area (Å²) in [7, 11) is 5.20. The zero-order valence-electron chi connectivity index (χ0n) is 22.6. The van der Waals surface area contributed by atoms with E-state index in [0.717, 1.165) is 37.8 Å². The van der Waals surface area contributed by atoms with Crippen LogP contribution in [0.25, 0.3) is 32.9 Å². The molecule has 0 aliphatic rings. The SMILES string of the molecule is COc1cc2ncc3c(N)nc(-c4cncc(OC[C@H](N)CN(C)Cc5ccccc5Cl)c4)cc3c2cc1OC. The number of likely N-dealkylation sites (N-methyl/N-ethyl adjacent to an activating group) is 1. The second-order valence-corrected chi connectivity index (χ2v) is 10.0. The van der Waals surface area contributed by atoms with Gasteiger partial charge in [0.15, 0.2) is 11.5 Å². The van der Waals surface area contributed by atoms with Crippen LogP contribution in [0.2, 0.25) is 5.02 Å². The van der Waals surface area contributed by atoms with Crippen LogP contribution in [0, 0.1) is 0 Å². The lowest BCUT2D eigenvalue weighted by Crippen LogP contribution is -2.39. The Labute approximate surface area is 237 Å². The number of nitrogen functional groups attached to an aromatic ring is 1. The van der Waals surface area contributed by atoms with Crippen molar-refractivity contribution >= 4 is 39.1 Å². The van der Waals surface area contributed by atoms with Gasteiger partial charge < -0.3 is 30.6 Å². The van der Waals surface area contributed by atoms with Crippen LogP contribution in [0.3, 0.4) is 0 Å². The minimum Gasteiger partial charge on any atom is -0.493 e. The molecule has 4 N–H and O–H groups in total. The predicted octanol–water partition coefficient (Wildman–Crippen LogP) is 4.94. The summed E-state index contributed by atoms with van der Waals surface area (Å²) in [5.74, 6) is 2.17. The first kappa shape index (κ1) is 27.4. The van der Waals surface area contributed by atoms with Crippen LogP contribution in [0.4, 0.5) is 5.82 Å². The lowest BCUT2D eigenvalue weighted by atomic mass is 10.0. The van der Waals surface area contributed by atoms with Gasteiger partial charge in [-0.2, -0.15) is 0 Å². The maximum absolute atomic E-state index is 6.37. The van der Waals surface area contributed by atoms with Crippen LogP contribution in [-0.4, -0.2) is 60.3 Å². The van der Waals surface area contributed by atoms with Gasteiger partial charge in [0, 0.05) is 52.9 Å². The van der Waals surface area contributed by atoms with Crippen LogP contribution in [0.15, 0.2) is 67.1 Å².